The molecule has 8 heterocycles. The van der Waals surface area contributed by atoms with Crippen molar-refractivity contribution in [3.8, 4) is 0 Å². The zero-order chi connectivity index (χ0) is 108. The number of rotatable bonds is 33. The van der Waals surface area contributed by atoms with Gasteiger partial charge in [-0.2, -0.15) is 0 Å². The fourth-order valence-electron chi connectivity index (χ4n) is 18.1. The van der Waals surface area contributed by atoms with Crippen molar-refractivity contribution in [3.05, 3.63) is 0 Å². The summed E-state index contributed by atoms with van der Waals surface area (Å²) in [5.41, 5.74) is -0.932. The van der Waals surface area contributed by atoms with Crippen LogP contribution in [0.15, 0.2) is 0 Å². The maximum atomic E-state index is 12.5. The maximum absolute atomic E-state index is 12.5. The molecule has 8 aliphatic rings. The molecule has 40 atom stereocenters. The third-order valence-corrected chi connectivity index (χ3v) is 26.9. The molecular formula is C97H157IO44. The van der Waals surface area contributed by atoms with Crippen molar-refractivity contribution in [2.75, 3.05) is 58.3 Å². The van der Waals surface area contributed by atoms with Crippen LogP contribution in [0.3, 0.4) is 0 Å². The molecule has 44 nitrogen and oxygen atoms in total. The monoisotopic (exact) mass is 2150 g/mol. The first kappa shape index (κ1) is 127. The van der Waals surface area contributed by atoms with E-state index in [1.807, 2.05) is 76.2 Å². The summed E-state index contributed by atoms with van der Waals surface area (Å²) in [5, 5.41) is 0. The Morgan fingerprint density at radius 2 is 0.458 bits per heavy atom. The van der Waals surface area contributed by atoms with Gasteiger partial charge in [-0.25, -0.2) is 0 Å². The van der Waals surface area contributed by atoms with E-state index in [0.29, 0.717) is 10.8 Å². The molecule has 816 valence electrons. The summed E-state index contributed by atoms with van der Waals surface area (Å²) in [6.07, 6.45) is -24.3. The Hall–Kier alpha value is -7.78. The summed E-state index contributed by atoms with van der Waals surface area (Å²) in [6, 6.07) is 0. The van der Waals surface area contributed by atoms with Crippen LogP contribution in [0.5, 0.6) is 0 Å². The minimum atomic E-state index is -1.30. The van der Waals surface area contributed by atoms with Gasteiger partial charge in [0.1, 0.15) is 57.5 Å². The molecular weight excluding hydrogens is 2000 g/mol. The van der Waals surface area contributed by atoms with E-state index in [9.17, 15) is 71.9 Å². The van der Waals surface area contributed by atoms with Crippen molar-refractivity contribution in [2.24, 2.45) is 71.0 Å². The van der Waals surface area contributed by atoms with Crippen molar-refractivity contribution in [1.29, 1.82) is 0 Å². The summed E-state index contributed by atoms with van der Waals surface area (Å²) in [4.78, 5) is 179. The van der Waals surface area contributed by atoms with Crippen LogP contribution in [0.4, 0.5) is 0 Å². The Bertz CT molecular complexity index is 3860. The van der Waals surface area contributed by atoms with Gasteiger partial charge in [0.15, 0.2) is 74.2 Å². The molecule has 0 aromatic carbocycles. The van der Waals surface area contributed by atoms with Crippen LogP contribution in [0.2, 0.25) is 0 Å². The van der Waals surface area contributed by atoms with E-state index in [4.69, 9.17) is 133 Å². The summed E-state index contributed by atoms with van der Waals surface area (Å²) in [6.45, 7) is 50.2. The number of halogens is 1. The summed E-state index contributed by atoms with van der Waals surface area (Å²) in [7, 11) is 3.25. The molecule has 0 amide bonds. The van der Waals surface area contributed by atoms with E-state index in [1.54, 1.807) is 41.9 Å². The summed E-state index contributed by atoms with van der Waals surface area (Å²) >= 11 is 2.08. The molecule has 0 radical (unpaired) electrons. The number of carbonyl (C=O) groups is 15. The van der Waals surface area contributed by atoms with Gasteiger partial charge in [0.25, 0.3) is 0 Å². The zero-order valence-corrected chi connectivity index (χ0v) is 90.7. The van der Waals surface area contributed by atoms with Gasteiger partial charge in [-0.3, -0.25) is 71.9 Å². The Morgan fingerprint density at radius 1 is 0.246 bits per heavy atom. The van der Waals surface area contributed by atoms with Crippen LogP contribution in [0.25, 0.3) is 0 Å². The van der Waals surface area contributed by atoms with Crippen LogP contribution in [0, 0.1) is 71.0 Å². The van der Waals surface area contributed by atoms with Crippen molar-refractivity contribution in [2.45, 2.75) is 400 Å². The Kier molecular flexibility index (Phi) is 53.3. The Balaban J connectivity index is 0.000000445. The molecule has 0 N–H and O–H groups in total. The number of hydrogen-bond donors (Lipinski definition) is 0. The topological polar surface area (TPSA) is 524 Å². The van der Waals surface area contributed by atoms with Gasteiger partial charge in [0, 0.05) is 164 Å². The lowest BCUT2D eigenvalue weighted by Gasteiger charge is -2.52. The van der Waals surface area contributed by atoms with Gasteiger partial charge in [-0.05, 0) is 49.9 Å². The standard InChI is InChI=1S/C35H54O17.C34H51IO17.C24H40O9.C2H6O.C2H6/c1-12-25-28(17(4)31(45-22(9)39)33(48-25)47-24(11)41)51-35-32(46-23(10)40)18(5)29(27(50-35)14-43-20(7)37)52-34-30(44-21(8)38)16(3)15(2)26(49-34)13-42-19(6)36;1-14-15(2)29(44-20(7)38)33(49-25(14)12-42-18(5)36)52-28-17(4)31(46-22(9)40)34(50-26(28)13-43-19(6)37)51-27-16(3)30(45-21(8)39)32(47-23(10)41)48-24(27)11-35;1-12-15(4)22(24(9,33-16(12)5)11-29-18(7)26)32-23-21(30-19(8)27)14(3)13(2)20(31-23)10-28-17(6)25;1-3-2;1-2/h15-18,25-35H,12-14H2,1-11H3;14-17,24-34H,11-13H2,1-10H3;12-16,20-23H,10-11H2,1-9H3;1-2H3;1-2H3. The fourth-order valence-corrected chi connectivity index (χ4v) is 18.8. The van der Waals surface area contributed by atoms with E-state index in [0.717, 1.165) is 0 Å². The summed E-state index contributed by atoms with van der Waals surface area (Å²) in [5.74, 6) is -12.3. The number of alkyl halides is 1. The van der Waals surface area contributed by atoms with E-state index >= 15 is 0 Å². The van der Waals surface area contributed by atoms with Crippen LogP contribution >= 0.6 is 22.6 Å². The molecule has 8 saturated heterocycles. The lowest BCUT2D eigenvalue weighted by atomic mass is 9.76. The first-order valence-electron chi connectivity index (χ1n) is 48.2. The average Bonchev–Trinajstić information content (AvgIpc) is 0.770. The molecule has 8 aliphatic heterocycles. The van der Waals surface area contributed by atoms with Gasteiger partial charge in [0.05, 0.1) is 67.1 Å². The van der Waals surface area contributed by atoms with E-state index in [1.165, 1.54) is 104 Å². The fraction of sp³-hybridized carbons (Fsp3) is 0.845. The molecule has 0 spiro atoms. The molecule has 8 fully saturated rings. The lowest BCUT2D eigenvalue weighted by molar-refractivity contribution is -0.364. The van der Waals surface area contributed by atoms with Gasteiger partial charge in [0.2, 0.25) is 12.6 Å². The highest BCUT2D eigenvalue weighted by Gasteiger charge is 2.60. The maximum Gasteiger partial charge on any atom is 0.305 e. The molecule has 40 unspecified atom stereocenters. The highest BCUT2D eigenvalue weighted by molar-refractivity contribution is 14.1. The van der Waals surface area contributed by atoms with Crippen molar-refractivity contribution >= 4 is 112 Å². The van der Waals surface area contributed by atoms with Crippen molar-refractivity contribution in [3.63, 3.8) is 0 Å². The van der Waals surface area contributed by atoms with Crippen LogP contribution in [0.1, 0.15) is 228 Å². The van der Waals surface area contributed by atoms with Crippen LogP contribution in [-0.4, -0.2) is 320 Å². The lowest BCUT2D eigenvalue weighted by Crippen LogP contribution is -2.63. The predicted octanol–water partition coefficient (Wildman–Crippen LogP) is 8.93. The van der Waals surface area contributed by atoms with Gasteiger partial charge >= 0.3 is 89.5 Å². The first-order chi connectivity index (χ1) is 66.3. The SMILES string of the molecule is CC.CC(=O)OCC1OC(OC2C(C)C(C)C(C)OC2(C)COC(C)=O)C(OC(C)=O)C(C)C1C.CC(=O)OCC1OC(OC2C(COC(C)=O)OC(OC3C(CI)OC(OC(C)=O)C(OC(C)=O)C3C)C(OC(C)=O)C2C)C(OC(C)=O)C(C)C1C.CCC1OC(OC(C)=O)C(OC(C)=O)C(C)C1OC1OC(COC(C)=O)C(OC2OC(COC(C)=O)C(C)C(C)C2OC(C)=O)C(C)C1OC(C)=O.COC. The average molecular weight is 2150 g/mol. The third-order valence-electron chi connectivity index (χ3n) is 26.1. The third kappa shape index (κ3) is 37.6. The molecule has 0 bridgehead atoms. The molecule has 0 aliphatic carbocycles. The zero-order valence-electron chi connectivity index (χ0n) is 88.5. The Labute approximate surface area is 846 Å². The van der Waals surface area contributed by atoms with E-state index in [-0.39, 0.29) is 93.1 Å². The molecule has 0 saturated carbocycles. The summed E-state index contributed by atoms with van der Waals surface area (Å²) < 4.78 is 169. The first-order valence-corrected chi connectivity index (χ1v) is 49.7. The molecule has 142 heavy (non-hydrogen) atoms. The molecule has 8 rings (SSSR count). The number of ether oxygens (including phenoxy) is 29. The number of hydrogen-bond acceptors (Lipinski definition) is 44. The minimum Gasteiger partial charge on any atom is -0.463 e. The second-order valence-corrected chi connectivity index (χ2v) is 38.1. The second kappa shape index (κ2) is 59.9. The highest BCUT2D eigenvalue weighted by Crippen LogP contribution is 2.47. The highest BCUT2D eigenvalue weighted by atomic mass is 127. The molecule has 0 aromatic heterocycles. The van der Waals surface area contributed by atoms with Crippen molar-refractivity contribution in [1.82, 2.24) is 0 Å². The molecule has 45 heteroatoms. The van der Waals surface area contributed by atoms with Crippen LogP contribution < -0.4 is 0 Å². The van der Waals surface area contributed by atoms with E-state index < -0.39 is 279 Å². The van der Waals surface area contributed by atoms with Crippen molar-refractivity contribution < 1.29 is 209 Å². The number of methoxy groups -OCH3 is 1. The van der Waals surface area contributed by atoms with E-state index in [2.05, 4.69) is 41.2 Å². The normalized spacial score (nSPS) is 37.2. The smallest absolute Gasteiger partial charge is 0.305 e. The second-order valence-electron chi connectivity index (χ2n) is 37.2. The van der Waals surface area contributed by atoms with Gasteiger partial charge in [-0.1, -0.05) is 126 Å². The number of carbonyl (C=O) groups excluding carboxylic acids is 15. The van der Waals surface area contributed by atoms with Gasteiger partial charge < -0.3 is 137 Å². The minimum absolute atomic E-state index is 0.0161. The molecule has 0 aromatic rings. The largest absolute Gasteiger partial charge is 0.463 e. The van der Waals surface area contributed by atoms with Gasteiger partial charge in [-0.15, -0.1) is 0 Å². The Morgan fingerprint density at radius 3 is 0.704 bits per heavy atom. The predicted molar refractivity (Wildman–Crippen MR) is 500 cm³/mol. The van der Waals surface area contributed by atoms with Crippen LogP contribution in [-0.2, 0) is 209 Å². The quantitative estimate of drug-likeness (QED) is 0.0256. The number of esters is 15.